The lowest BCUT2D eigenvalue weighted by Gasteiger charge is -2.16. The highest BCUT2D eigenvalue weighted by Crippen LogP contribution is 2.24. The standard InChI is InChI=1S/C14H19N3O2/c1-17(12-6-7-12)14(15)16-9-10-4-3-5-11(8-10)13(18)19-2/h3-5,8,12H,6-7,9H2,1-2H3,(H2,15,16). The third-order valence-electron chi connectivity index (χ3n) is 3.23. The van der Waals surface area contributed by atoms with Crippen LogP contribution in [-0.4, -0.2) is 37.0 Å². The molecule has 0 radical (unpaired) electrons. The molecule has 0 heterocycles. The molecule has 1 fully saturated rings. The van der Waals surface area contributed by atoms with Gasteiger partial charge < -0.3 is 15.4 Å². The largest absolute Gasteiger partial charge is 0.465 e. The van der Waals surface area contributed by atoms with Crippen molar-refractivity contribution in [2.24, 2.45) is 10.7 Å². The Morgan fingerprint density at radius 3 is 2.89 bits per heavy atom. The Kier molecular flexibility index (Phi) is 4.04. The molecule has 19 heavy (non-hydrogen) atoms. The zero-order valence-electron chi connectivity index (χ0n) is 11.3. The van der Waals surface area contributed by atoms with Gasteiger partial charge in [-0.2, -0.15) is 0 Å². The van der Waals surface area contributed by atoms with Crippen molar-refractivity contribution in [3.05, 3.63) is 35.4 Å². The van der Waals surface area contributed by atoms with Gasteiger partial charge in [-0.15, -0.1) is 0 Å². The Morgan fingerprint density at radius 2 is 2.26 bits per heavy atom. The fourth-order valence-electron chi connectivity index (χ4n) is 1.85. The van der Waals surface area contributed by atoms with Crippen molar-refractivity contribution in [1.82, 2.24) is 4.90 Å². The van der Waals surface area contributed by atoms with Crippen LogP contribution in [-0.2, 0) is 11.3 Å². The molecular formula is C14H19N3O2. The van der Waals surface area contributed by atoms with E-state index in [1.54, 1.807) is 12.1 Å². The number of aliphatic imine (C=N–C) groups is 1. The first kappa shape index (κ1) is 13.4. The first-order chi connectivity index (χ1) is 9.11. The maximum atomic E-state index is 11.4. The molecule has 5 nitrogen and oxygen atoms in total. The third-order valence-corrected chi connectivity index (χ3v) is 3.23. The van der Waals surface area contributed by atoms with E-state index in [9.17, 15) is 4.79 Å². The number of guanidine groups is 1. The van der Waals surface area contributed by atoms with Crippen molar-refractivity contribution in [2.45, 2.75) is 25.4 Å². The molecule has 1 aliphatic carbocycles. The molecule has 1 aromatic carbocycles. The van der Waals surface area contributed by atoms with Gasteiger partial charge in [-0.25, -0.2) is 9.79 Å². The monoisotopic (exact) mass is 261 g/mol. The van der Waals surface area contributed by atoms with Gasteiger partial charge in [0.1, 0.15) is 0 Å². The Labute approximate surface area is 113 Å². The maximum Gasteiger partial charge on any atom is 0.337 e. The Morgan fingerprint density at radius 1 is 1.53 bits per heavy atom. The molecule has 2 N–H and O–H groups in total. The fraction of sp³-hybridized carbons (Fsp3) is 0.429. The SMILES string of the molecule is COC(=O)c1cccc(CN=C(N)N(C)C2CC2)c1. The molecule has 0 aliphatic heterocycles. The molecular weight excluding hydrogens is 242 g/mol. The molecule has 5 heteroatoms. The Bertz CT molecular complexity index is 495. The smallest absolute Gasteiger partial charge is 0.337 e. The van der Waals surface area contributed by atoms with Crippen LogP contribution in [0.2, 0.25) is 0 Å². The number of carbonyl (C=O) groups is 1. The van der Waals surface area contributed by atoms with Gasteiger partial charge in [-0.3, -0.25) is 0 Å². The van der Waals surface area contributed by atoms with Crippen LogP contribution in [0.3, 0.4) is 0 Å². The molecule has 0 atom stereocenters. The summed E-state index contributed by atoms with van der Waals surface area (Å²) in [5.74, 6) is 0.208. The van der Waals surface area contributed by atoms with Crippen molar-refractivity contribution in [3.8, 4) is 0 Å². The van der Waals surface area contributed by atoms with E-state index in [1.807, 2.05) is 24.1 Å². The summed E-state index contributed by atoms with van der Waals surface area (Å²) in [6.07, 6.45) is 2.37. The van der Waals surface area contributed by atoms with Gasteiger partial charge >= 0.3 is 5.97 Å². The summed E-state index contributed by atoms with van der Waals surface area (Å²) in [5.41, 5.74) is 7.39. The van der Waals surface area contributed by atoms with Gasteiger partial charge in [0, 0.05) is 13.1 Å². The van der Waals surface area contributed by atoms with Crippen molar-refractivity contribution < 1.29 is 9.53 Å². The minimum absolute atomic E-state index is 0.339. The van der Waals surface area contributed by atoms with Crippen molar-refractivity contribution >= 4 is 11.9 Å². The van der Waals surface area contributed by atoms with Crippen LogP contribution >= 0.6 is 0 Å². The number of ether oxygens (including phenoxy) is 1. The summed E-state index contributed by atoms with van der Waals surface area (Å²) in [4.78, 5) is 17.8. The van der Waals surface area contributed by atoms with Crippen LogP contribution in [0.25, 0.3) is 0 Å². The van der Waals surface area contributed by atoms with Crippen LogP contribution in [0.1, 0.15) is 28.8 Å². The average Bonchev–Trinajstić information content (AvgIpc) is 3.28. The van der Waals surface area contributed by atoms with Gasteiger partial charge in [-0.1, -0.05) is 12.1 Å². The quantitative estimate of drug-likeness (QED) is 0.505. The zero-order chi connectivity index (χ0) is 13.8. The lowest BCUT2D eigenvalue weighted by Crippen LogP contribution is -2.35. The van der Waals surface area contributed by atoms with Crippen molar-refractivity contribution in [2.75, 3.05) is 14.2 Å². The summed E-state index contributed by atoms with van der Waals surface area (Å²) >= 11 is 0. The minimum Gasteiger partial charge on any atom is -0.465 e. The number of nitrogens with two attached hydrogens (primary N) is 1. The average molecular weight is 261 g/mol. The molecule has 0 saturated heterocycles. The van der Waals surface area contributed by atoms with Crippen LogP contribution in [0.5, 0.6) is 0 Å². The minimum atomic E-state index is -0.339. The summed E-state index contributed by atoms with van der Waals surface area (Å²) in [6, 6.07) is 7.78. The lowest BCUT2D eigenvalue weighted by molar-refractivity contribution is 0.0600. The molecule has 102 valence electrons. The fourth-order valence-corrected chi connectivity index (χ4v) is 1.85. The molecule has 0 amide bonds. The second kappa shape index (κ2) is 5.73. The predicted octanol–water partition coefficient (Wildman–Crippen LogP) is 1.38. The number of nitrogens with zero attached hydrogens (tertiary/aromatic N) is 2. The van der Waals surface area contributed by atoms with E-state index in [4.69, 9.17) is 5.73 Å². The lowest BCUT2D eigenvalue weighted by atomic mass is 10.1. The van der Waals surface area contributed by atoms with E-state index in [2.05, 4.69) is 9.73 Å². The van der Waals surface area contributed by atoms with Gasteiger partial charge in [0.25, 0.3) is 0 Å². The molecule has 1 saturated carbocycles. The normalized spacial score (nSPS) is 15.2. The number of benzene rings is 1. The van der Waals surface area contributed by atoms with E-state index in [-0.39, 0.29) is 5.97 Å². The maximum absolute atomic E-state index is 11.4. The number of hydrogen-bond acceptors (Lipinski definition) is 3. The predicted molar refractivity (Wildman–Crippen MR) is 73.9 cm³/mol. The third kappa shape index (κ3) is 3.47. The number of hydrogen-bond donors (Lipinski definition) is 1. The number of carbonyl (C=O) groups excluding carboxylic acids is 1. The second-order valence-corrected chi connectivity index (χ2v) is 4.71. The van der Waals surface area contributed by atoms with Crippen LogP contribution < -0.4 is 5.73 Å². The van der Waals surface area contributed by atoms with E-state index < -0.39 is 0 Å². The highest BCUT2D eigenvalue weighted by atomic mass is 16.5. The topological polar surface area (TPSA) is 67.9 Å². The summed E-state index contributed by atoms with van der Waals surface area (Å²) in [5, 5.41) is 0. The second-order valence-electron chi connectivity index (χ2n) is 4.71. The molecule has 0 bridgehead atoms. The van der Waals surface area contributed by atoms with E-state index >= 15 is 0 Å². The molecule has 0 aromatic heterocycles. The van der Waals surface area contributed by atoms with Gasteiger partial charge in [0.2, 0.25) is 0 Å². The zero-order valence-corrected chi connectivity index (χ0v) is 11.3. The number of esters is 1. The van der Waals surface area contributed by atoms with Crippen molar-refractivity contribution in [3.63, 3.8) is 0 Å². The van der Waals surface area contributed by atoms with Crippen LogP contribution in [0.4, 0.5) is 0 Å². The Hall–Kier alpha value is -2.04. The summed E-state index contributed by atoms with van der Waals surface area (Å²) in [6.45, 7) is 0.466. The first-order valence-corrected chi connectivity index (χ1v) is 6.32. The molecule has 1 aliphatic rings. The van der Waals surface area contributed by atoms with Crippen LogP contribution in [0, 0.1) is 0 Å². The van der Waals surface area contributed by atoms with Crippen molar-refractivity contribution in [1.29, 1.82) is 0 Å². The first-order valence-electron chi connectivity index (χ1n) is 6.32. The Balaban J connectivity index is 2.02. The number of rotatable bonds is 4. The van der Waals surface area contributed by atoms with E-state index in [0.717, 1.165) is 5.56 Å². The molecule has 2 rings (SSSR count). The van der Waals surface area contributed by atoms with Gasteiger partial charge in [0.05, 0.1) is 19.2 Å². The summed E-state index contributed by atoms with van der Waals surface area (Å²) in [7, 11) is 3.33. The highest BCUT2D eigenvalue weighted by molar-refractivity contribution is 5.89. The molecule has 0 spiro atoms. The van der Waals surface area contributed by atoms with Gasteiger partial charge in [-0.05, 0) is 30.5 Å². The van der Waals surface area contributed by atoms with Gasteiger partial charge in [0.15, 0.2) is 5.96 Å². The van der Waals surface area contributed by atoms with E-state index in [1.165, 1.54) is 20.0 Å². The highest BCUT2D eigenvalue weighted by Gasteiger charge is 2.27. The molecule has 1 aromatic rings. The molecule has 0 unspecified atom stereocenters. The summed E-state index contributed by atoms with van der Waals surface area (Å²) < 4.78 is 4.69. The number of methoxy groups -OCH3 is 1. The van der Waals surface area contributed by atoms with Crippen LogP contribution in [0.15, 0.2) is 29.3 Å². The van der Waals surface area contributed by atoms with E-state index in [0.29, 0.717) is 24.1 Å².